The first-order chi connectivity index (χ1) is 13.8. The van der Waals surface area contributed by atoms with E-state index >= 15 is 0 Å². The van der Waals surface area contributed by atoms with Gasteiger partial charge in [0.1, 0.15) is 5.76 Å². The van der Waals surface area contributed by atoms with E-state index in [2.05, 4.69) is 17.4 Å². The SMILES string of the molecule is Cc1cc(C(=O)N2CCC(C)CC2)ccc1NC(=O)N(C)Cc1c(C)noc1C. The third-order valence-electron chi connectivity index (χ3n) is 5.71. The molecule has 0 spiro atoms. The van der Waals surface area contributed by atoms with Gasteiger partial charge < -0.3 is 19.6 Å². The van der Waals surface area contributed by atoms with Crippen molar-refractivity contribution in [1.29, 1.82) is 0 Å². The fourth-order valence-electron chi connectivity index (χ4n) is 3.58. The summed E-state index contributed by atoms with van der Waals surface area (Å²) in [4.78, 5) is 28.9. The number of aromatic nitrogens is 1. The zero-order valence-electron chi connectivity index (χ0n) is 17.9. The van der Waals surface area contributed by atoms with Gasteiger partial charge in [-0.2, -0.15) is 0 Å². The molecule has 3 amide bonds. The van der Waals surface area contributed by atoms with Crippen LogP contribution in [-0.4, -0.2) is 47.0 Å². The second-order valence-electron chi connectivity index (χ2n) is 8.09. The van der Waals surface area contributed by atoms with Crippen LogP contribution in [0.2, 0.25) is 0 Å². The highest BCUT2D eigenvalue weighted by Gasteiger charge is 2.22. The first-order valence-electron chi connectivity index (χ1n) is 10.1. The minimum Gasteiger partial charge on any atom is -0.361 e. The van der Waals surface area contributed by atoms with Gasteiger partial charge in [-0.1, -0.05) is 12.1 Å². The molecule has 3 rings (SSSR count). The Balaban J connectivity index is 1.64. The standard InChI is InChI=1S/C22H30N4O3/c1-14-8-10-26(11-9-14)21(27)18-6-7-20(15(2)12-18)23-22(28)25(5)13-19-16(3)24-29-17(19)4/h6-7,12,14H,8-11,13H2,1-5H3,(H,23,28). The molecule has 7 heteroatoms. The molecule has 0 radical (unpaired) electrons. The Hall–Kier alpha value is -2.83. The van der Waals surface area contributed by atoms with Crippen LogP contribution in [-0.2, 0) is 6.54 Å². The molecule has 0 unspecified atom stereocenters. The highest BCUT2D eigenvalue weighted by molar-refractivity contribution is 5.96. The summed E-state index contributed by atoms with van der Waals surface area (Å²) in [7, 11) is 1.73. The van der Waals surface area contributed by atoms with Crippen LogP contribution >= 0.6 is 0 Å². The minimum atomic E-state index is -0.225. The van der Waals surface area contributed by atoms with Crippen molar-refractivity contribution >= 4 is 17.6 Å². The van der Waals surface area contributed by atoms with Gasteiger partial charge in [0.05, 0.1) is 12.2 Å². The van der Waals surface area contributed by atoms with E-state index in [1.807, 2.05) is 31.7 Å². The zero-order valence-corrected chi connectivity index (χ0v) is 17.9. The molecule has 0 atom stereocenters. The molecule has 1 aliphatic heterocycles. The maximum Gasteiger partial charge on any atom is 0.321 e. The monoisotopic (exact) mass is 398 g/mol. The number of anilines is 1. The third kappa shape index (κ3) is 4.78. The van der Waals surface area contributed by atoms with Gasteiger partial charge in [-0.15, -0.1) is 0 Å². The Morgan fingerprint density at radius 1 is 1.24 bits per heavy atom. The Kier molecular flexibility index (Phi) is 6.25. The van der Waals surface area contributed by atoms with Gasteiger partial charge in [0, 0.05) is 37.0 Å². The molecule has 29 heavy (non-hydrogen) atoms. The highest BCUT2D eigenvalue weighted by atomic mass is 16.5. The van der Waals surface area contributed by atoms with E-state index in [0.717, 1.165) is 42.8 Å². The summed E-state index contributed by atoms with van der Waals surface area (Å²) in [5.74, 6) is 1.46. The Morgan fingerprint density at radius 2 is 1.93 bits per heavy atom. The number of hydrogen-bond acceptors (Lipinski definition) is 4. The summed E-state index contributed by atoms with van der Waals surface area (Å²) < 4.78 is 5.16. The predicted octanol–water partition coefficient (Wildman–Crippen LogP) is 4.14. The maximum atomic E-state index is 12.8. The van der Waals surface area contributed by atoms with Crippen LogP contribution in [0.5, 0.6) is 0 Å². The highest BCUT2D eigenvalue weighted by Crippen LogP contribution is 2.22. The number of rotatable bonds is 4. The fraction of sp³-hybridized carbons (Fsp3) is 0.500. The number of aryl methyl sites for hydroxylation is 3. The van der Waals surface area contributed by atoms with Gasteiger partial charge in [-0.25, -0.2) is 4.79 Å². The van der Waals surface area contributed by atoms with Gasteiger partial charge in [0.15, 0.2) is 0 Å². The molecule has 156 valence electrons. The molecule has 1 aliphatic rings. The molecule has 0 aliphatic carbocycles. The maximum absolute atomic E-state index is 12.8. The Labute approximate surface area is 172 Å². The second kappa shape index (κ2) is 8.68. The van der Waals surface area contributed by atoms with E-state index < -0.39 is 0 Å². The van der Waals surface area contributed by atoms with Crippen molar-refractivity contribution in [3.63, 3.8) is 0 Å². The van der Waals surface area contributed by atoms with Gasteiger partial charge in [0.2, 0.25) is 0 Å². The van der Waals surface area contributed by atoms with Crippen molar-refractivity contribution in [3.05, 3.63) is 46.3 Å². The molecule has 7 nitrogen and oxygen atoms in total. The molecule has 1 aromatic heterocycles. The lowest BCUT2D eigenvalue weighted by Gasteiger charge is -2.30. The molecule has 1 N–H and O–H groups in total. The number of amides is 3. The minimum absolute atomic E-state index is 0.0633. The molecular formula is C22H30N4O3. The molecule has 1 saturated heterocycles. The van der Waals surface area contributed by atoms with E-state index in [0.29, 0.717) is 29.5 Å². The number of benzene rings is 1. The summed E-state index contributed by atoms with van der Waals surface area (Å²) in [5.41, 5.74) is 3.92. The average molecular weight is 399 g/mol. The van der Waals surface area contributed by atoms with Crippen molar-refractivity contribution in [1.82, 2.24) is 15.0 Å². The number of nitrogens with one attached hydrogen (secondary N) is 1. The number of piperidine rings is 1. The normalized spacial score (nSPS) is 14.7. The van der Waals surface area contributed by atoms with Gasteiger partial charge in [-0.05, 0) is 63.3 Å². The van der Waals surface area contributed by atoms with Crippen molar-refractivity contribution in [2.75, 3.05) is 25.5 Å². The molecule has 2 heterocycles. The van der Waals surface area contributed by atoms with E-state index in [-0.39, 0.29) is 11.9 Å². The van der Waals surface area contributed by atoms with Crippen LogP contribution in [0, 0.1) is 26.7 Å². The number of carbonyl (C=O) groups excluding carboxylic acids is 2. The van der Waals surface area contributed by atoms with Crippen LogP contribution in [0.4, 0.5) is 10.5 Å². The second-order valence-corrected chi connectivity index (χ2v) is 8.09. The van der Waals surface area contributed by atoms with E-state index in [9.17, 15) is 9.59 Å². The predicted molar refractivity (Wildman–Crippen MR) is 112 cm³/mol. The van der Waals surface area contributed by atoms with Crippen molar-refractivity contribution in [2.24, 2.45) is 5.92 Å². The van der Waals surface area contributed by atoms with Crippen molar-refractivity contribution in [2.45, 2.75) is 47.1 Å². The molecule has 0 saturated carbocycles. The first kappa shape index (κ1) is 20.9. The van der Waals surface area contributed by atoms with Gasteiger partial charge >= 0.3 is 6.03 Å². The van der Waals surface area contributed by atoms with Crippen LogP contribution in [0.15, 0.2) is 22.7 Å². The Bertz CT molecular complexity index is 878. The van der Waals surface area contributed by atoms with Crippen LogP contribution < -0.4 is 5.32 Å². The van der Waals surface area contributed by atoms with Crippen molar-refractivity contribution in [3.8, 4) is 0 Å². The third-order valence-corrected chi connectivity index (χ3v) is 5.71. The van der Waals surface area contributed by atoms with Crippen LogP contribution in [0.3, 0.4) is 0 Å². The summed E-state index contributed by atoms with van der Waals surface area (Å²) in [6.45, 7) is 9.86. The van der Waals surface area contributed by atoms with Crippen LogP contribution in [0.25, 0.3) is 0 Å². The summed E-state index contributed by atoms with van der Waals surface area (Å²) in [6.07, 6.45) is 2.10. The fourth-order valence-corrected chi connectivity index (χ4v) is 3.58. The summed E-state index contributed by atoms with van der Waals surface area (Å²) >= 11 is 0. The molecule has 1 fully saturated rings. The number of carbonyl (C=O) groups is 2. The van der Waals surface area contributed by atoms with Gasteiger partial charge in [-0.3, -0.25) is 4.79 Å². The smallest absolute Gasteiger partial charge is 0.321 e. The lowest BCUT2D eigenvalue weighted by atomic mass is 9.98. The lowest BCUT2D eigenvalue weighted by molar-refractivity contribution is 0.0697. The van der Waals surface area contributed by atoms with Crippen LogP contribution in [0.1, 0.15) is 52.7 Å². The number of urea groups is 1. The topological polar surface area (TPSA) is 78.7 Å². The largest absolute Gasteiger partial charge is 0.361 e. The number of nitrogens with zero attached hydrogens (tertiary/aromatic N) is 3. The molecular weight excluding hydrogens is 368 g/mol. The quantitative estimate of drug-likeness (QED) is 0.840. The number of likely N-dealkylation sites (tertiary alicyclic amines) is 1. The molecule has 2 aromatic rings. The van der Waals surface area contributed by atoms with Crippen molar-refractivity contribution < 1.29 is 14.1 Å². The number of hydrogen-bond donors (Lipinski definition) is 1. The summed E-state index contributed by atoms with van der Waals surface area (Å²) in [6, 6.07) is 5.22. The van der Waals surface area contributed by atoms with E-state index in [1.54, 1.807) is 24.1 Å². The molecule has 1 aromatic carbocycles. The van der Waals surface area contributed by atoms with E-state index in [4.69, 9.17) is 4.52 Å². The summed E-state index contributed by atoms with van der Waals surface area (Å²) in [5, 5.41) is 6.85. The zero-order chi connectivity index (χ0) is 21.1. The van der Waals surface area contributed by atoms with E-state index in [1.165, 1.54) is 0 Å². The first-order valence-corrected chi connectivity index (χ1v) is 10.1. The van der Waals surface area contributed by atoms with Gasteiger partial charge in [0.25, 0.3) is 5.91 Å². The molecule has 0 bridgehead atoms. The average Bonchev–Trinajstić information content (AvgIpc) is 3.01. The lowest BCUT2D eigenvalue weighted by Crippen LogP contribution is -2.38. The Morgan fingerprint density at radius 3 is 2.52 bits per heavy atom.